The number of para-hydroxylation sites is 1. The monoisotopic (exact) mass is 278 g/mol. The van der Waals surface area contributed by atoms with E-state index in [1.807, 2.05) is 18.2 Å². The molecule has 0 radical (unpaired) electrons. The third-order valence-corrected chi connectivity index (χ3v) is 4.18. The van der Waals surface area contributed by atoms with Crippen molar-refractivity contribution in [3.8, 4) is 5.75 Å². The average molecular weight is 278 g/mol. The molecule has 1 aromatic rings. The number of nitrogens with one attached hydrogen (secondary N) is 1. The van der Waals surface area contributed by atoms with Gasteiger partial charge in [-0.1, -0.05) is 18.2 Å². The molecule has 0 saturated carbocycles. The van der Waals surface area contributed by atoms with Crippen LogP contribution < -0.4 is 10.1 Å². The summed E-state index contributed by atoms with van der Waals surface area (Å²) in [6, 6.07) is 8.39. The zero-order chi connectivity index (χ0) is 13.5. The number of ether oxygens (including phenoxy) is 2. The van der Waals surface area contributed by atoms with Crippen molar-refractivity contribution < 1.29 is 9.47 Å². The molecular formula is C14H18N2O2S. The molecule has 0 unspecified atom stereocenters. The van der Waals surface area contributed by atoms with E-state index in [-0.39, 0.29) is 11.8 Å². The predicted octanol–water partition coefficient (Wildman–Crippen LogP) is 2.06. The molecule has 2 aliphatic heterocycles. The second-order valence-electron chi connectivity index (χ2n) is 5.17. The van der Waals surface area contributed by atoms with E-state index in [0.717, 1.165) is 23.8 Å². The minimum absolute atomic E-state index is 0.237. The van der Waals surface area contributed by atoms with Gasteiger partial charge in [0.05, 0.1) is 12.6 Å². The molecular weight excluding hydrogens is 260 g/mol. The zero-order valence-electron chi connectivity index (χ0n) is 11.2. The van der Waals surface area contributed by atoms with Crippen molar-refractivity contribution in [2.75, 3.05) is 20.3 Å². The molecule has 0 amide bonds. The summed E-state index contributed by atoms with van der Waals surface area (Å²) >= 11 is 5.48. The lowest BCUT2D eigenvalue weighted by Crippen LogP contribution is -2.65. The Morgan fingerprint density at radius 3 is 3.11 bits per heavy atom. The van der Waals surface area contributed by atoms with Gasteiger partial charge in [0.25, 0.3) is 0 Å². The number of methoxy groups -OCH3 is 1. The van der Waals surface area contributed by atoms with E-state index in [0.29, 0.717) is 6.61 Å². The molecule has 5 heteroatoms. The van der Waals surface area contributed by atoms with Gasteiger partial charge in [0.2, 0.25) is 0 Å². The van der Waals surface area contributed by atoms with Crippen LogP contribution in [-0.4, -0.2) is 36.0 Å². The minimum Gasteiger partial charge on any atom is -0.468 e. The highest BCUT2D eigenvalue weighted by molar-refractivity contribution is 7.80. The van der Waals surface area contributed by atoms with Crippen LogP contribution >= 0.6 is 12.2 Å². The Balaban J connectivity index is 1.94. The van der Waals surface area contributed by atoms with Crippen LogP contribution in [0.3, 0.4) is 0 Å². The number of nitrogens with zero attached hydrogens (tertiary/aromatic N) is 1. The summed E-state index contributed by atoms with van der Waals surface area (Å²) in [6.07, 6.45) is 0.883. The molecule has 1 saturated heterocycles. The van der Waals surface area contributed by atoms with Crippen molar-refractivity contribution in [3.05, 3.63) is 29.8 Å². The highest BCUT2D eigenvalue weighted by Crippen LogP contribution is 2.43. The summed E-state index contributed by atoms with van der Waals surface area (Å²) in [5.41, 5.74) is 0.800. The molecule has 1 aromatic carbocycles. The van der Waals surface area contributed by atoms with Crippen LogP contribution in [0.5, 0.6) is 5.75 Å². The van der Waals surface area contributed by atoms with Gasteiger partial charge >= 0.3 is 0 Å². The molecule has 19 heavy (non-hydrogen) atoms. The van der Waals surface area contributed by atoms with Crippen LogP contribution in [0.15, 0.2) is 24.3 Å². The Morgan fingerprint density at radius 1 is 1.53 bits per heavy atom. The Bertz CT molecular complexity index is 508. The van der Waals surface area contributed by atoms with Crippen LogP contribution in [-0.2, 0) is 4.74 Å². The third kappa shape index (κ3) is 2.07. The van der Waals surface area contributed by atoms with E-state index in [1.165, 1.54) is 5.56 Å². The van der Waals surface area contributed by atoms with Crippen molar-refractivity contribution in [1.29, 1.82) is 0 Å². The van der Waals surface area contributed by atoms with Crippen molar-refractivity contribution in [2.24, 2.45) is 0 Å². The van der Waals surface area contributed by atoms with Crippen LogP contribution in [0, 0.1) is 0 Å². The highest BCUT2D eigenvalue weighted by Gasteiger charge is 2.47. The van der Waals surface area contributed by atoms with Crippen molar-refractivity contribution in [2.45, 2.75) is 25.1 Å². The quantitative estimate of drug-likeness (QED) is 0.856. The van der Waals surface area contributed by atoms with E-state index >= 15 is 0 Å². The minimum atomic E-state index is -0.389. The number of hydrogen-bond acceptors (Lipinski definition) is 3. The van der Waals surface area contributed by atoms with E-state index < -0.39 is 0 Å². The average Bonchev–Trinajstić information content (AvgIpc) is 2.37. The van der Waals surface area contributed by atoms with Crippen LogP contribution in [0.25, 0.3) is 0 Å². The fourth-order valence-electron chi connectivity index (χ4n) is 2.89. The van der Waals surface area contributed by atoms with Crippen LogP contribution in [0.1, 0.15) is 24.9 Å². The van der Waals surface area contributed by atoms with Gasteiger partial charge in [-0.05, 0) is 25.2 Å². The first-order valence-electron chi connectivity index (χ1n) is 6.49. The molecule has 1 fully saturated rings. The molecule has 1 N–H and O–H groups in total. The summed E-state index contributed by atoms with van der Waals surface area (Å²) in [4.78, 5) is 2.08. The van der Waals surface area contributed by atoms with Gasteiger partial charge in [-0.3, -0.25) is 0 Å². The van der Waals surface area contributed by atoms with Crippen molar-refractivity contribution in [1.82, 2.24) is 10.2 Å². The number of rotatable bonds is 3. The SMILES string of the molecule is COCCN1C(=S)N[C@@H]2C[C@@]1(C)Oc1ccccc12. The molecule has 0 spiro atoms. The van der Waals surface area contributed by atoms with Gasteiger partial charge in [-0.2, -0.15) is 0 Å². The number of thiocarbonyl (C=S) groups is 1. The maximum atomic E-state index is 6.21. The van der Waals surface area contributed by atoms with E-state index in [9.17, 15) is 0 Å². The van der Waals surface area contributed by atoms with Crippen molar-refractivity contribution >= 4 is 17.3 Å². The first kappa shape index (κ1) is 12.7. The molecule has 3 rings (SSSR count). The normalized spacial score (nSPS) is 28.4. The lowest BCUT2D eigenvalue weighted by atomic mass is 9.91. The molecule has 0 aliphatic carbocycles. The molecule has 2 heterocycles. The van der Waals surface area contributed by atoms with Gasteiger partial charge in [0.1, 0.15) is 5.75 Å². The Kier molecular flexibility index (Phi) is 3.11. The Hall–Kier alpha value is -1.33. The second-order valence-corrected chi connectivity index (χ2v) is 5.55. The molecule has 102 valence electrons. The highest BCUT2D eigenvalue weighted by atomic mass is 32.1. The zero-order valence-corrected chi connectivity index (χ0v) is 12.0. The number of benzene rings is 1. The van der Waals surface area contributed by atoms with E-state index in [1.54, 1.807) is 7.11 Å². The summed E-state index contributed by atoms with van der Waals surface area (Å²) in [5.74, 6) is 0.943. The molecule has 2 atom stereocenters. The lowest BCUT2D eigenvalue weighted by Gasteiger charge is -2.52. The van der Waals surface area contributed by atoms with Gasteiger partial charge < -0.3 is 19.7 Å². The molecule has 2 aliphatic rings. The molecule has 4 nitrogen and oxygen atoms in total. The van der Waals surface area contributed by atoms with Gasteiger partial charge in [0.15, 0.2) is 10.8 Å². The van der Waals surface area contributed by atoms with E-state index in [4.69, 9.17) is 21.7 Å². The van der Waals surface area contributed by atoms with Crippen molar-refractivity contribution in [3.63, 3.8) is 0 Å². The third-order valence-electron chi connectivity index (χ3n) is 3.84. The smallest absolute Gasteiger partial charge is 0.184 e. The fraction of sp³-hybridized carbons (Fsp3) is 0.500. The maximum Gasteiger partial charge on any atom is 0.184 e. The Labute approximate surface area is 118 Å². The lowest BCUT2D eigenvalue weighted by molar-refractivity contribution is -0.0740. The van der Waals surface area contributed by atoms with Crippen LogP contribution in [0.2, 0.25) is 0 Å². The number of hydrogen-bond donors (Lipinski definition) is 1. The van der Waals surface area contributed by atoms with Gasteiger partial charge in [0, 0.05) is 25.6 Å². The molecule has 0 aromatic heterocycles. The summed E-state index contributed by atoms with van der Waals surface area (Å²) in [7, 11) is 1.70. The fourth-order valence-corrected chi connectivity index (χ4v) is 3.31. The molecule has 2 bridgehead atoms. The standard InChI is InChI=1S/C14H18N2O2S/c1-14-9-11(10-5-3-4-6-12(10)18-14)15-13(19)16(14)7-8-17-2/h3-6,11H,7-9H2,1-2H3,(H,15,19)/t11-,14-/m1/s1. The summed E-state index contributed by atoms with van der Waals surface area (Å²) in [5, 5.41) is 4.15. The number of fused-ring (bicyclic) bond motifs is 4. The Morgan fingerprint density at radius 2 is 2.32 bits per heavy atom. The topological polar surface area (TPSA) is 33.7 Å². The van der Waals surface area contributed by atoms with E-state index in [2.05, 4.69) is 23.2 Å². The largest absolute Gasteiger partial charge is 0.468 e. The summed E-state index contributed by atoms with van der Waals surface area (Å²) < 4.78 is 11.4. The van der Waals surface area contributed by atoms with Gasteiger partial charge in [-0.15, -0.1) is 0 Å². The van der Waals surface area contributed by atoms with Crippen LogP contribution in [0.4, 0.5) is 0 Å². The first-order chi connectivity index (χ1) is 9.14. The second kappa shape index (κ2) is 4.65. The predicted molar refractivity (Wildman–Crippen MR) is 77.1 cm³/mol. The first-order valence-corrected chi connectivity index (χ1v) is 6.90. The maximum absolute atomic E-state index is 6.21. The summed E-state index contributed by atoms with van der Waals surface area (Å²) in [6.45, 7) is 3.46. The van der Waals surface area contributed by atoms with Gasteiger partial charge in [-0.25, -0.2) is 0 Å².